The largest absolute Gasteiger partial charge is 0.321 e. The third-order valence-corrected chi connectivity index (χ3v) is 6.47. The van der Waals surface area contributed by atoms with Crippen molar-refractivity contribution < 1.29 is 0 Å². The normalized spacial score (nSPS) is 43.7. The standard InChI is InChI=1S/C18H25N/c1-2-12-6-8-14(9-7-12)18(19)11-13-10-17(18)16-5-3-4-15(13)16/h6-9,13,15-17H,2-5,10-11,19H2,1H3. The number of nitrogens with two attached hydrogens (primary N) is 1. The van der Waals surface area contributed by atoms with Crippen LogP contribution < -0.4 is 5.73 Å². The first-order valence-electron chi connectivity index (χ1n) is 8.10. The molecule has 0 amide bonds. The van der Waals surface area contributed by atoms with Crippen molar-refractivity contribution in [3.8, 4) is 0 Å². The zero-order valence-electron chi connectivity index (χ0n) is 11.9. The summed E-state index contributed by atoms with van der Waals surface area (Å²) in [5.41, 5.74) is 9.73. The zero-order valence-corrected chi connectivity index (χ0v) is 11.9. The minimum atomic E-state index is -0.0115. The van der Waals surface area contributed by atoms with Gasteiger partial charge in [0, 0.05) is 5.54 Å². The minimum Gasteiger partial charge on any atom is -0.321 e. The Bertz CT molecular complexity index is 477. The number of hydrogen-bond acceptors (Lipinski definition) is 1. The Morgan fingerprint density at radius 3 is 2.63 bits per heavy atom. The second-order valence-corrected chi connectivity index (χ2v) is 7.16. The summed E-state index contributed by atoms with van der Waals surface area (Å²) >= 11 is 0. The predicted molar refractivity (Wildman–Crippen MR) is 78.7 cm³/mol. The van der Waals surface area contributed by atoms with E-state index in [9.17, 15) is 0 Å². The lowest BCUT2D eigenvalue weighted by Gasteiger charge is -2.40. The van der Waals surface area contributed by atoms with E-state index in [-0.39, 0.29) is 5.54 Å². The molecular weight excluding hydrogens is 230 g/mol. The summed E-state index contributed by atoms with van der Waals surface area (Å²) in [6, 6.07) is 9.18. The lowest BCUT2D eigenvalue weighted by molar-refractivity contribution is 0.157. The van der Waals surface area contributed by atoms with Gasteiger partial charge in [0.1, 0.15) is 0 Å². The Morgan fingerprint density at radius 2 is 1.89 bits per heavy atom. The molecule has 0 aromatic heterocycles. The van der Waals surface area contributed by atoms with Crippen LogP contribution in [0, 0.1) is 23.7 Å². The lowest BCUT2D eigenvalue weighted by atomic mass is 9.68. The summed E-state index contributed by atoms with van der Waals surface area (Å²) in [5, 5.41) is 0. The third kappa shape index (κ3) is 1.57. The summed E-state index contributed by atoms with van der Waals surface area (Å²) in [7, 11) is 0. The molecule has 5 unspecified atom stereocenters. The average molecular weight is 255 g/mol. The van der Waals surface area contributed by atoms with Crippen LogP contribution in [-0.2, 0) is 12.0 Å². The minimum absolute atomic E-state index is 0.0115. The van der Waals surface area contributed by atoms with E-state index in [2.05, 4.69) is 31.2 Å². The van der Waals surface area contributed by atoms with Gasteiger partial charge in [0.15, 0.2) is 0 Å². The fraction of sp³-hybridized carbons (Fsp3) is 0.667. The molecule has 2 N–H and O–H groups in total. The van der Waals surface area contributed by atoms with E-state index in [0.717, 1.165) is 30.1 Å². The van der Waals surface area contributed by atoms with Crippen molar-refractivity contribution in [2.24, 2.45) is 29.4 Å². The monoisotopic (exact) mass is 255 g/mol. The fourth-order valence-corrected chi connectivity index (χ4v) is 5.57. The summed E-state index contributed by atoms with van der Waals surface area (Å²) in [6.45, 7) is 2.22. The molecule has 1 aromatic rings. The van der Waals surface area contributed by atoms with Gasteiger partial charge in [-0.05, 0) is 66.9 Å². The van der Waals surface area contributed by atoms with Crippen molar-refractivity contribution in [3.05, 3.63) is 35.4 Å². The van der Waals surface area contributed by atoms with Gasteiger partial charge in [0.25, 0.3) is 0 Å². The Morgan fingerprint density at radius 1 is 1.16 bits per heavy atom. The smallest absolute Gasteiger partial charge is 0.0443 e. The molecule has 3 fully saturated rings. The molecule has 3 aliphatic rings. The van der Waals surface area contributed by atoms with Crippen LogP contribution in [-0.4, -0.2) is 0 Å². The second-order valence-electron chi connectivity index (χ2n) is 7.16. The maximum absolute atomic E-state index is 6.91. The number of rotatable bonds is 2. The third-order valence-electron chi connectivity index (χ3n) is 6.47. The van der Waals surface area contributed by atoms with Crippen LogP contribution in [0.25, 0.3) is 0 Å². The van der Waals surface area contributed by atoms with Crippen LogP contribution in [0.1, 0.15) is 50.2 Å². The molecule has 0 aliphatic heterocycles. The first-order chi connectivity index (χ1) is 9.22. The number of hydrogen-bond donors (Lipinski definition) is 1. The highest BCUT2D eigenvalue weighted by atomic mass is 14.8. The summed E-state index contributed by atoms with van der Waals surface area (Å²) < 4.78 is 0. The first-order valence-corrected chi connectivity index (χ1v) is 8.10. The lowest BCUT2D eigenvalue weighted by Crippen LogP contribution is -2.46. The Balaban J connectivity index is 1.67. The number of aryl methyl sites for hydroxylation is 1. The summed E-state index contributed by atoms with van der Waals surface area (Å²) in [4.78, 5) is 0. The zero-order chi connectivity index (χ0) is 13.0. The van der Waals surface area contributed by atoms with Crippen LogP contribution in [0.15, 0.2) is 24.3 Å². The molecule has 1 aromatic carbocycles. The molecule has 19 heavy (non-hydrogen) atoms. The van der Waals surface area contributed by atoms with Gasteiger partial charge in [-0.1, -0.05) is 37.6 Å². The van der Waals surface area contributed by atoms with E-state index in [1.807, 2.05) is 0 Å². The SMILES string of the molecule is CCc1ccc(C2(N)CC3CC2C2CCCC32)cc1. The molecule has 0 radical (unpaired) electrons. The van der Waals surface area contributed by atoms with Crippen LogP contribution >= 0.6 is 0 Å². The molecule has 0 heterocycles. The number of benzene rings is 1. The maximum Gasteiger partial charge on any atom is 0.0443 e. The molecule has 4 rings (SSSR count). The van der Waals surface area contributed by atoms with E-state index >= 15 is 0 Å². The van der Waals surface area contributed by atoms with E-state index < -0.39 is 0 Å². The van der Waals surface area contributed by atoms with Gasteiger partial charge in [-0.25, -0.2) is 0 Å². The van der Waals surface area contributed by atoms with Crippen molar-refractivity contribution in [1.82, 2.24) is 0 Å². The van der Waals surface area contributed by atoms with E-state index in [1.165, 1.54) is 43.2 Å². The molecule has 0 spiro atoms. The number of fused-ring (bicyclic) bond motifs is 5. The van der Waals surface area contributed by atoms with Crippen molar-refractivity contribution in [2.75, 3.05) is 0 Å². The summed E-state index contributed by atoms with van der Waals surface area (Å²) in [5.74, 6) is 3.65. The molecule has 3 saturated carbocycles. The average Bonchev–Trinajstić information content (AvgIpc) is 3.10. The van der Waals surface area contributed by atoms with Gasteiger partial charge in [0.2, 0.25) is 0 Å². The Labute approximate surface area is 116 Å². The topological polar surface area (TPSA) is 26.0 Å². The van der Waals surface area contributed by atoms with Gasteiger partial charge in [-0.2, -0.15) is 0 Å². The van der Waals surface area contributed by atoms with Gasteiger partial charge < -0.3 is 5.73 Å². The Hall–Kier alpha value is -0.820. The van der Waals surface area contributed by atoms with E-state index in [4.69, 9.17) is 5.73 Å². The molecule has 1 heteroatoms. The first kappa shape index (κ1) is 12.0. The van der Waals surface area contributed by atoms with Crippen molar-refractivity contribution in [2.45, 2.75) is 51.0 Å². The summed E-state index contributed by atoms with van der Waals surface area (Å²) in [6.07, 6.45) is 8.14. The predicted octanol–water partition coefficient (Wildman–Crippen LogP) is 3.86. The van der Waals surface area contributed by atoms with Gasteiger partial charge in [-0.15, -0.1) is 0 Å². The highest BCUT2D eigenvalue weighted by Crippen LogP contribution is 2.64. The highest BCUT2D eigenvalue weighted by Gasteiger charge is 2.59. The molecule has 3 aliphatic carbocycles. The van der Waals surface area contributed by atoms with Crippen LogP contribution in [0.3, 0.4) is 0 Å². The molecule has 1 nitrogen and oxygen atoms in total. The maximum atomic E-state index is 6.91. The van der Waals surface area contributed by atoms with Gasteiger partial charge in [0.05, 0.1) is 0 Å². The van der Waals surface area contributed by atoms with Crippen LogP contribution in [0.4, 0.5) is 0 Å². The quantitative estimate of drug-likeness (QED) is 0.853. The van der Waals surface area contributed by atoms with Crippen LogP contribution in [0.2, 0.25) is 0 Å². The Kier molecular flexibility index (Phi) is 2.57. The highest BCUT2D eigenvalue weighted by molar-refractivity contribution is 5.32. The second kappa shape index (κ2) is 4.09. The van der Waals surface area contributed by atoms with E-state index in [0.29, 0.717) is 0 Å². The molecule has 0 saturated heterocycles. The molecule has 5 atom stereocenters. The molecular formula is C18H25N. The van der Waals surface area contributed by atoms with Crippen LogP contribution in [0.5, 0.6) is 0 Å². The van der Waals surface area contributed by atoms with Crippen molar-refractivity contribution in [1.29, 1.82) is 0 Å². The van der Waals surface area contributed by atoms with Gasteiger partial charge >= 0.3 is 0 Å². The molecule has 2 bridgehead atoms. The molecule has 102 valence electrons. The van der Waals surface area contributed by atoms with Gasteiger partial charge in [-0.3, -0.25) is 0 Å². The van der Waals surface area contributed by atoms with Crippen molar-refractivity contribution >= 4 is 0 Å². The van der Waals surface area contributed by atoms with E-state index in [1.54, 1.807) is 0 Å². The fourth-order valence-electron chi connectivity index (χ4n) is 5.57. The van der Waals surface area contributed by atoms with Crippen molar-refractivity contribution in [3.63, 3.8) is 0 Å².